The molecule has 1 saturated heterocycles. The van der Waals surface area contributed by atoms with Crippen molar-refractivity contribution in [2.24, 2.45) is 0 Å². The molecule has 0 saturated carbocycles. The molecule has 0 unspecified atom stereocenters. The minimum atomic E-state index is -3.50. The van der Waals surface area contributed by atoms with Crippen molar-refractivity contribution < 1.29 is 21.6 Å². The number of nitrogens with zero attached hydrogens (tertiary/aromatic N) is 3. The van der Waals surface area contributed by atoms with Gasteiger partial charge < -0.3 is 4.90 Å². The third-order valence-electron chi connectivity index (χ3n) is 6.09. The summed E-state index contributed by atoms with van der Waals surface area (Å²) in [5, 5.41) is 0. The van der Waals surface area contributed by atoms with Crippen molar-refractivity contribution in [2.75, 3.05) is 37.7 Å². The summed E-state index contributed by atoms with van der Waals surface area (Å²) in [6.07, 6.45) is 1.69. The lowest BCUT2D eigenvalue weighted by atomic mass is 10.0. The van der Waals surface area contributed by atoms with E-state index in [1.165, 1.54) is 8.61 Å². The maximum absolute atomic E-state index is 13.4. The first-order valence-electron chi connectivity index (χ1n) is 11.3. The molecule has 0 atom stereocenters. The van der Waals surface area contributed by atoms with Crippen molar-refractivity contribution in [1.29, 1.82) is 0 Å². The average molecular weight is 488 g/mol. The Kier molecular flexibility index (Phi) is 9.68. The number of piperidine rings is 1. The van der Waals surface area contributed by atoms with Gasteiger partial charge in [-0.05, 0) is 51.2 Å². The number of hydrogen-bond donors (Lipinski definition) is 0. The first-order chi connectivity index (χ1) is 15.1. The number of aryl methyl sites for hydroxylation is 1. The third-order valence-corrected chi connectivity index (χ3v) is 9.80. The van der Waals surface area contributed by atoms with Crippen LogP contribution in [0, 0.1) is 6.92 Å². The second kappa shape index (κ2) is 11.6. The zero-order valence-electron chi connectivity index (χ0n) is 19.7. The standard InChI is InChI=1S/C22H37N3O5S2/c1-5-14-24(32(29,30)7-3)18-22(26)25(17-20-11-9-8-10-19(20)4)21-12-15-23(16-13-21)31(27,28)6-2/h8-11,21H,5-7,12-18H2,1-4H3. The van der Waals surface area contributed by atoms with E-state index in [1.54, 1.807) is 18.7 Å². The molecule has 8 nitrogen and oxygen atoms in total. The second-order valence-corrected chi connectivity index (χ2v) is 12.7. The van der Waals surface area contributed by atoms with Crippen molar-refractivity contribution in [3.8, 4) is 0 Å². The van der Waals surface area contributed by atoms with Crippen LogP contribution in [0.15, 0.2) is 24.3 Å². The fourth-order valence-corrected chi connectivity index (χ4v) is 6.26. The number of carbonyl (C=O) groups excluding carboxylic acids is 1. The molecule has 1 aliphatic heterocycles. The van der Waals surface area contributed by atoms with Crippen LogP contribution < -0.4 is 0 Å². The normalized spacial score (nSPS) is 16.4. The molecule has 0 aliphatic carbocycles. The Morgan fingerprint density at radius 1 is 1.03 bits per heavy atom. The van der Waals surface area contributed by atoms with E-state index >= 15 is 0 Å². The molecule has 1 heterocycles. The maximum Gasteiger partial charge on any atom is 0.238 e. The third kappa shape index (κ3) is 6.76. The number of rotatable bonds is 11. The van der Waals surface area contributed by atoms with E-state index in [9.17, 15) is 21.6 Å². The average Bonchev–Trinajstić information content (AvgIpc) is 2.78. The van der Waals surface area contributed by atoms with Gasteiger partial charge in [0.05, 0.1) is 18.1 Å². The highest BCUT2D eigenvalue weighted by molar-refractivity contribution is 7.89. The number of sulfonamides is 2. The van der Waals surface area contributed by atoms with Gasteiger partial charge in [0, 0.05) is 32.2 Å². The van der Waals surface area contributed by atoms with Crippen molar-refractivity contribution in [3.63, 3.8) is 0 Å². The fraction of sp³-hybridized carbons (Fsp3) is 0.682. The predicted molar refractivity (Wildman–Crippen MR) is 127 cm³/mol. The van der Waals surface area contributed by atoms with Gasteiger partial charge in [0.2, 0.25) is 26.0 Å². The molecule has 32 heavy (non-hydrogen) atoms. The van der Waals surface area contributed by atoms with Gasteiger partial charge >= 0.3 is 0 Å². The lowest BCUT2D eigenvalue weighted by Crippen LogP contribution is -2.51. The van der Waals surface area contributed by atoms with E-state index in [0.29, 0.717) is 45.4 Å². The first-order valence-corrected chi connectivity index (χ1v) is 14.6. The Labute approximate surface area is 193 Å². The van der Waals surface area contributed by atoms with E-state index < -0.39 is 20.0 Å². The molecule has 0 aromatic heterocycles. The summed E-state index contributed by atoms with van der Waals surface area (Å²) in [5.41, 5.74) is 2.06. The number of hydrogen-bond acceptors (Lipinski definition) is 5. The van der Waals surface area contributed by atoms with Crippen molar-refractivity contribution >= 4 is 26.0 Å². The molecule has 0 spiro atoms. The number of benzene rings is 1. The van der Waals surface area contributed by atoms with Gasteiger partial charge in [-0.15, -0.1) is 0 Å². The van der Waals surface area contributed by atoms with Crippen molar-refractivity contribution in [3.05, 3.63) is 35.4 Å². The Balaban J connectivity index is 2.26. The van der Waals surface area contributed by atoms with E-state index in [-0.39, 0.29) is 30.0 Å². The van der Waals surface area contributed by atoms with Crippen LogP contribution in [0.25, 0.3) is 0 Å². The van der Waals surface area contributed by atoms with E-state index in [1.807, 2.05) is 38.1 Å². The summed E-state index contributed by atoms with van der Waals surface area (Å²) in [6.45, 7) is 8.30. The van der Waals surface area contributed by atoms with Crippen LogP contribution in [0.2, 0.25) is 0 Å². The molecule has 1 aliphatic rings. The minimum absolute atomic E-state index is 0.0503. The van der Waals surface area contributed by atoms with Crippen molar-refractivity contribution in [1.82, 2.24) is 13.5 Å². The van der Waals surface area contributed by atoms with Crippen LogP contribution in [-0.4, -0.2) is 80.0 Å². The van der Waals surface area contributed by atoms with Gasteiger partial charge in [-0.3, -0.25) is 4.79 Å². The molecule has 10 heteroatoms. The van der Waals surface area contributed by atoms with Crippen LogP contribution in [0.5, 0.6) is 0 Å². The Morgan fingerprint density at radius 3 is 2.19 bits per heavy atom. The van der Waals surface area contributed by atoms with Gasteiger partial charge in [0.25, 0.3) is 0 Å². The highest BCUT2D eigenvalue weighted by Crippen LogP contribution is 2.23. The van der Waals surface area contributed by atoms with Crippen LogP contribution in [0.1, 0.15) is 51.2 Å². The highest BCUT2D eigenvalue weighted by atomic mass is 32.2. The topological polar surface area (TPSA) is 95.1 Å². The van der Waals surface area contributed by atoms with Crippen molar-refractivity contribution in [2.45, 2.75) is 59.5 Å². The SMILES string of the molecule is CCCN(CC(=O)N(Cc1ccccc1C)C1CCN(S(=O)(=O)CC)CC1)S(=O)(=O)CC. The van der Waals surface area contributed by atoms with E-state index in [0.717, 1.165) is 11.1 Å². The van der Waals surface area contributed by atoms with Gasteiger partial charge in [-0.2, -0.15) is 4.31 Å². The largest absolute Gasteiger partial charge is 0.334 e. The summed E-state index contributed by atoms with van der Waals surface area (Å²) in [4.78, 5) is 15.2. The summed E-state index contributed by atoms with van der Waals surface area (Å²) in [7, 11) is -6.76. The Morgan fingerprint density at radius 2 is 1.66 bits per heavy atom. The zero-order chi connectivity index (χ0) is 23.9. The smallest absolute Gasteiger partial charge is 0.238 e. The molecular weight excluding hydrogens is 450 g/mol. The van der Waals surface area contributed by atoms with E-state index in [2.05, 4.69) is 0 Å². The molecule has 1 amide bonds. The molecule has 2 rings (SSSR count). The predicted octanol–water partition coefficient (Wildman–Crippen LogP) is 2.20. The molecule has 1 aromatic carbocycles. The lowest BCUT2D eigenvalue weighted by molar-refractivity contribution is -0.135. The van der Waals surface area contributed by atoms with Crippen LogP contribution in [0.4, 0.5) is 0 Å². The van der Waals surface area contributed by atoms with Crippen LogP contribution >= 0.6 is 0 Å². The Bertz CT molecular complexity index is 971. The quantitative estimate of drug-likeness (QED) is 0.477. The summed E-state index contributed by atoms with van der Waals surface area (Å²) in [5.74, 6) is -0.231. The van der Waals surface area contributed by atoms with Gasteiger partial charge in [0.1, 0.15) is 0 Å². The van der Waals surface area contributed by atoms with E-state index in [4.69, 9.17) is 0 Å². The van der Waals surface area contributed by atoms with Gasteiger partial charge in [-0.25, -0.2) is 21.1 Å². The van der Waals surface area contributed by atoms with Crippen LogP contribution in [-0.2, 0) is 31.4 Å². The van der Waals surface area contributed by atoms with Gasteiger partial charge in [-0.1, -0.05) is 31.2 Å². The molecule has 182 valence electrons. The highest BCUT2D eigenvalue weighted by Gasteiger charge is 2.33. The molecular formula is C22H37N3O5S2. The molecule has 0 bridgehead atoms. The molecule has 0 radical (unpaired) electrons. The summed E-state index contributed by atoms with van der Waals surface area (Å²) >= 11 is 0. The summed E-state index contributed by atoms with van der Waals surface area (Å²) in [6, 6.07) is 7.68. The van der Waals surface area contributed by atoms with Gasteiger partial charge in [0.15, 0.2) is 0 Å². The zero-order valence-corrected chi connectivity index (χ0v) is 21.3. The van der Waals surface area contributed by atoms with Crippen LogP contribution in [0.3, 0.4) is 0 Å². The maximum atomic E-state index is 13.4. The second-order valence-electron chi connectivity index (χ2n) is 8.21. The lowest BCUT2D eigenvalue weighted by Gasteiger charge is -2.39. The minimum Gasteiger partial charge on any atom is -0.334 e. The summed E-state index contributed by atoms with van der Waals surface area (Å²) < 4.78 is 52.2. The number of carbonyl (C=O) groups is 1. The first kappa shape index (κ1) is 26.8. The monoisotopic (exact) mass is 487 g/mol. The molecule has 1 aromatic rings. The Hall–Kier alpha value is -1.49. The molecule has 0 N–H and O–H groups in total. The number of amides is 1. The fourth-order valence-electron chi connectivity index (χ4n) is 4.00. The molecule has 1 fully saturated rings.